The molecule has 0 aliphatic carbocycles. The van der Waals surface area contributed by atoms with Gasteiger partial charge in [0.2, 0.25) is 5.91 Å². The second-order valence-electron chi connectivity index (χ2n) is 4.61. The van der Waals surface area contributed by atoms with E-state index in [0.717, 1.165) is 39.0 Å². The molecule has 1 fully saturated rings. The first kappa shape index (κ1) is 12.5. The topological polar surface area (TPSA) is 35.6 Å². The van der Waals surface area contributed by atoms with E-state index >= 15 is 0 Å². The van der Waals surface area contributed by atoms with E-state index in [1.54, 1.807) is 0 Å². The van der Waals surface area contributed by atoms with Crippen molar-refractivity contribution in [2.24, 2.45) is 5.92 Å². The van der Waals surface area contributed by atoms with Crippen LogP contribution in [0.4, 0.5) is 0 Å². The fourth-order valence-electron chi connectivity index (χ4n) is 1.83. The zero-order valence-electron chi connectivity index (χ0n) is 10.1. The molecule has 0 bridgehead atoms. The van der Waals surface area contributed by atoms with Crippen molar-refractivity contribution in [2.45, 2.75) is 12.8 Å². The maximum Gasteiger partial charge on any atom is 0.226 e. The molecule has 1 saturated heterocycles. The summed E-state index contributed by atoms with van der Waals surface area (Å²) >= 11 is 0. The zero-order chi connectivity index (χ0) is 11.3. The number of likely N-dealkylation sites (N-methyl/N-ethyl adjacent to an activating group) is 2. The second-order valence-corrected chi connectivity index (χ2v) is 4.61. The van der Waals surface area contributed by atoms with Gasteiger partial charge in [-0.25, -0.2) is 0 Å². The maximum absolute atomic E-state index is 12.0. The van der Waals surface area contributed by atoms with Crippen LogP contribution in [0.15, 0.2) is 0 Å². The first-order chi connectivity index (χ1) is 7.11. The van der Waals surface area contributed by atoms with Crippen molar-refractivity contribution in [3.05, 3.63) is 0 Å². The molecular weight excluding hydrogens is 190 g/mol. The number of hydrogen-bond acceptors (Lipinski definition) is 3. The number of nitrogens with one attached hydrogen (secondary N) is 1. The van der Waals surface area contributed by atoms with Crippen molar-refractivity contribution in [1.82, 2.24) is 15.1 Å². The third-order valence-electron chi connectivity index (χ3n) is 2.90. The number of carbonyl (C=O) groups is 1. The van der Waals surface area contributed by atoms with Crippen LogP contribution in [0, 0.1) is 5.92 Å². The fourth-order valence-corrected chi connectivity index (χ4v) is 1.83. The molecule has 0 unspecified atom stereocenters. The van der Waals surface area contributed by atoms with Crippen LogP contribution >= 0.6 is 0 Å². The van der Waals surface area contributed by atoms with E-state index in [1.165, 1.54) is 0 Å². The Morgan fingerprint density at radius 2 is 2.07 bits per heavy atom. The number of rotatable bonds is 4. The van der Waals surface area contributed by atoms with E-state index in [-0.39, 0.29) is 5.92 Å². The van der Waals surface area contributed by atoms with Crippen LogP contribution in [0.25, 0.3) is 0 Å². The van der Waals surface area contributed by atoms with E-state index in [2.05, 4.69) is 10.2 Å². The van der Waals surface area contributed by atoms with Crippen LogP contribution in [0.5, 0.6) is 0 Å². The summed E-state index contributed by atoms with van der Waals surface area (Å²) in [5.41, 5.74) is 0. The molecule has 0 spiro atoms. The van der Waals surface area contributed by atoms with Gasteiger partial charge >= 0.3 is 0 Å². The number of amides is 1. The number of nitrogens with zero attached hydrogens (tertiary/aromatic N) is 2. The van der Waals surface area contributed by atoms with Crippen molar-refractivity contribution in [3.8, 4) is 0 Å². The normalized spacial score (nSPS) is 21.7. The average molecular weight is 213 g/mol. The minimum absolute atomic E-state index is 0.200. The molecule has 1 rings (SSSR count). The average Bonchev–Trinajstić information content (AvgIpc) is 2.26. The molecule has 1 heterocycles. The third-order valence-corrected chi connectivity index (χ3v) is 2.90. The summed E-state index contributed by atoms with van der Waals surface area (Å²) in [5.74, 6) is 0.495. The summed E-state index contributed by atoms with van der Waals surface area (Å²) in [6.07, 6.45) is 2.16. The quantitative estimate of drug-likeness (QED) is 0.714. The van der Waals surface area contributed by atoms with Gasteiger partial charge in [-0.05, 0) is 33.5 Å². The van der Waals surface area contributed by atoms with Crippen molar-refractivity contribution in [2.75, 3.05) is 47.3 Å². The minimum Gasteiger partial charge on any atom is -0.344 e. The largest absolute Gasteiger partial charge is 0.344 e. The van der Waals surface area contributed by atoms with Gasteiger partial charge in [-0.2, -0.15) is 0 Å². The molecule has 1 atom stereocenters. The molecular formula is C11H23N3O. The first-order valence-corrected chi connectivity index (χ1v) is 5.71. The predicted octanol–water partition coefficient (Wildman–Crippen LogP) is 0.00600. The van der Waals surface area contributed by atoms with Crippen molar-refractivity contribution in [1.29, 1.82) is 0 Å². The highest BCUT2D eigenvalue weighted by Gasteiger charge is 2.23. The standard InChI is InChI=1S/C11H23N3O/c1-13(2)7-8-14(3)11(15)10-5-4-6-12-9-10/h10,12H,4-9H2,1-3H3/t10-/m1/s1. The molecule has 1 amide bonds. The Kier molecular flexibility index (Phi) is 5.05. The van der Waals surface area contributed by atoms with E-state index in [0.29, 0.717) is 5.91 Å². The highest BCUT2D eigenvalue weighted by Crippen LogP contribution is 2.12. The van der Waals surface area contributed by atoms with Gasteiger partial charge < -0.3 is 15.1 Å². The minimum atomic E-state index is 0.200. The second kappa shape index (κ2) is 6.08. The van der Waals surface area contributed by atoms with E-state index in [9.17, 15) is 4.79 Å². The van der Waals surface area contributed by atoms with Gasteiger partial charge in [0, 0.05) is 26.7 Å². The van der Waals surface area contributed by atoms with Crippen LogP contribution in [0.3, 0.4) is 0 Å². The Balaban J connectivity index is 2.30. The summed E-state index contributed by atoms with van der Waals surface area (Å²) in [7, 11) is 5.96. The summed E-state index contributed by atoms with van der Waals surface area (Å²) in [5, 5.41) is 3.28. The lowest BCUT2D eigenvalue weighted by Gasteiger charge is -2.27. The SMILES string of the molecule is CN(C)CCN(C)C(=O)[C@@H]1CCCNC1. The van der Waals surface area contributed by atoms with Gasteiger partial charge in [-0.15, -0.1) is 0 Å². The van der Waals surface area contributed by atoms with Gasteiger partial charge in [-0.1, -0.05) is 0 Å². The molecule has 0 radical (unpaired) electrons. The Morgan fingerprint density at radius 1 is 1.33 bits per heavy atom. The molecule has 4 heteroatoms. The predicted molar refractivity (Wildman–Crippen MR) is 61.8 cm³/mol. The summed E-state index contributed by atoms with van der Waals surface area (Å²) in [6.45, 7) is 3.67. The van der Waals surface area contributed by atoms with Crippen molar-refractivity contribution >= 4 is 5.91 Å². The van der Waals surface area contributed by atoms with Crippen LogP contribution in [0.1, 0.15) is 12.8 Å². The van der Waals surface area contributed by atoms with Gasteiger partial charge in [0.05, 0.1) is 5.92 Å². The Morgan fingerprint density at radius 3 is 2.60 bits per heavy atom. The number of hydrogen-bond donors (Lipinski definition) is 1. The molecule has 1 N–H and O–H groups in total. The van der Waals surface area contributed by atoms with Crippen molar-refractivity contribution < 1.29 is 4.79 Å². The molecule has 88 valence electrons. The van der Waals surface area contributed by atoms with Crippen LogP contribution < -0.4 is 5.32 Å². The van der Waals surface area contributed by atoms with Gasteiger partial charge in [0.15, 0.2) is 0 Å². The molecule has 15 heavy (non-hydrogen) atoms. The molecule has 0 saturated carbocycles. The Bertz CT molecular complexity index is 200. The van der Waals surface area contributed by atoms with Crippen LogP contribution in [0.2, 0.25) is 0 Å². The number of piperidine rings is 1. The molecule has 1 aliphatic rings. The lowest BCUT2D eigenvalue weighted by molar-refractivity contribution is -0.134. The highest BCUT2D eigenvalue weighted by atomic mass is 16.2. The van der Waals surface area contributed by atoms with E-state index in [4.69, 9.17) is 0 Å². The molecule has 0 aromatic rings. The van der Waals surface area contributed by atoms with Gasteiger partial charge in [0.1, 0.15) is 0 Å². The molecule has 0 aromatic heterocycles. The van der Waals surface area contributed by atoms with Gasteiger partial charge in [0.25, 0.3) is 0 Å². The van der Waals surface area contributed by atoms with E-state index in [1.807, 2.05) is 26.0 Å². The Hall–Kier alpha value is -0.610. The highest BCUT2D eigenvalue weighted by molar-refractivity contribution is 5.78. The van der Waals surface area contributed by atoms with Crippen LogP contribution in [-0.4, -0.2) is 63.0 Å². The fraction of sp³-hybridized carbons (Fsp3) is 0.909. The zero-order valence-corrected chi connectivity index (χ0v) is 10.1. The summed E-state index contributed by atoms with van der Waals surface area (Å²) < 4.78 is 0. The maximum atomic E-state index is 12.0. The van der Waals surface area contributed by atoms with Crippen LogP contribution in [-0.2, 0) is 4.79 Å². The van der Waals surface area contributed by atoms with E-state index < -0.39 is 0 Å². The molecule has 4 nitrogen and oxygen atoms in total. The van der Waals surface area contributed by atoms with Crippen molar-refractivity contribution in [3.63, 3.8) is 0 Å². The third kappa shape index (κ3) is 4.18. The number of carbonyl (C=O) groups excluding carboxylic acids is 1. The monoisotopic (exact) mass is 213 g/mol. The molecule has 1 aliphatic heterocycles. The first-order valence-electron chi connectivity index (χ1n) is 5.71. The summed E-state index contributed by atoms with van der Waals surface area (Å²) in [4.78, 5) is 15.9. The lowest BCUT2D eigenvalue weighted by Crippen LogP contribution is -2.43. The smallest absolute Gasteiger partial charge is 0.226 e. The molecule has 0 aromatic carbocycles. The van der Waals surface area contributed by atoms with Gasteiger partial charge in [-0.3, -0.25) is 4.79 Å². The lowest BCUT2D eigenvalue weighted by atomic mass is 9.98. The summed E-state index contributed by atoms with van der Waals surface area (Å²) in [6, 6.07) is 0. The Labute approximate surface area is 92.6 Å².